The molecule has 0 heterocycles. The summed E-state index contributed by atoms with van der Waals surface area (Å²) in [6.45, 7) is 7.52. The first-order chi connectivity index (χ1) is 10.5. The average molecular weight is 353 g/mol. The van der Waals surface area contributed by atoms with Crippen LogP contribution in [-0.2, 0) is 32.0 Å². The molecule has 130 valence electrons. The molecule has 0 aliphatic carbocycles. The molecule has 9 heteroatoms. The van der Waals surface area contributed by atoms with E-state index < -0.39 is 14.8 Å². The van der Waals surface area contributed by atoms with Crippen LogP contribution in [0.3, 0.4) is 0 Å². The van der Waals surface area contributed by atoms with Gasteiger partial charge in [0, 0.05) is 25.9 Å². The van der Waals surface area contributed by atoms with Crippen molar-refractivity contribution in [2.24, 2.45) is 0 Å². The number of hydrogen-bond acceptors (Lipinski definition) is 7. The quantitative estimate of drug-likeness (QED) is 0.272. The van der Waals surface area contributed by atoms with Crippen molar-refractivity contribution in [3.8, 4) is 0 Å². The fourth-order valence-corrected chi connectivity index (χ4v) is 4.64. The van der Waals surface area contributed by atoms with E-state index in [0.717, 1.165) is 0 Å². The maximum Gasteiger partial charge on any atom is 0.501 e. The molecule has 0 spiro atoms. The lowest BCUT2D eigenvalue weighted by Gasteiger charge is -2.28. The van der Waals surface area contributed by atoms with Gasteiger partial charge in [-0.2, -0.15) is 0 Å². The zero-order valence-corrected chi connectivity index (χ0v) is 17.0. The van der Waals surface area contributed by atoms with Gasteiger partial charge in [-0.3, -0.25) is 9.59 Å². The fourth-order valence-electron chi connectivity index (χ4n) is 1.85. The van der Waals surface area contributed by atoms with E-state index in [1.807, 2.05) is 20.8 Å². The summed E-state index contributed by atoms with van der Waals surface area (Å²) in [5.41, 5.74) is 0. The van der Waals surface area contributed by atoms with Crippen LogP contribution in [0, 0.1) is 0 Å². The minimum atomic E-state index is -2.67. The summed E-state index contributed by atoms with van der Waals surface area (Å²) in [6.07, 6.45) is 0.715. The monoisotopic (exact) mass is 352 g/mol. The van der Waals surface area contributed by atoms with Gasteiger partial charge in [-0.15, -0.1) is 0 Å². The Bertz CT molecular complexity index is 308. The van der Waals surface area contributed by atoms with E-state index in [0.29, 0.717) is 42.8 Å². The molecule has 0 unspecified atom stereocenters. The Hall–Kier alpha value is -0.746. The number of hydrogen-bond donors (Lipinski definition) is 0. The molecule has 0 amide bonds. The first kappa shape index (κ1) is 21.3. The molecule has 0 atom stereocenters. The van der Waals surface area contributed by atoms with Gasteiger partial charge in [0.2, 0.25) is 10.5 Å². The zero-order valence-electron chi connectivity index (χ0n) is 14.0. The van der Waals surface area contributed by atoms with Gasteiger partial charge >= 0.3 is 14.8 Å². The van der Waals surface area contributed by atoms with Gasteiger partial charge in [-0.25, -0.2) is 0 Å². The summed E-state index contributed by atoms with van der Waals surface area (Å²) in [7, 11) is -2.33. The third-order valence-corrected chi connectivity index (χ3v) is 6.35. The second-order valence-corrected chi connectivity index (χ2v) is 7.52. The zero-order chi connectivity index (χ0) is 16.8. The molecule has 0 saturated carbocycles. The van der Waals surface area contributed by atoms with Gasteiger partial charge in [0.05, 0.1) is 19.4 Å². The maximum atomic E-state index is 11.5. The Balaban J connectivity index is 4.10. The molecule has 0 saturated heterocycles. The number of carbonyl (C=O) groups excluding carboxylic acids is 2. The Morgan fingerprint density at radius 3 is 1.86 bits per heavy atom. The number of carbonyl (C=O) groups is 2. The standard InChI is InChI=1S/C13H28O7Si2/c1-4-17-22(18-5-2,19-6-3)11-7-10-16-12(14)8-9-13(15)20-21/h4-11H2,1-3,21H3. The van der Waals surface area contributed by atoms with Crippen LogP contribution in [0.1, 0.15) is 40.0 Å². The van der Waals surface area contributed by atoms with Crippen molar-refractivity contribution in [2.75, 3.05) is 26.4 Å². The Labute approximate surface area is 136 Å². The van der Waals surface area contributed by atoms with Crippen LogP contribution in [0.2, 0.25) is 6.04 Å². The second-order valence-electron chi connectivity index (χ2n) is 4.38. The number of esters is 1. The predicted octanol–water partition coefficient (Wildman–Crippen LogP) is 0.572. The summed E-state index contributed by atoms with van der Waals surface area (Å²) in [5, 5.41) is 0. The lowest BCUT2D eigenvalue weighted by molar-refractivity contribution is -0.146. The summed E-state index contributed by atoms with van der Waals surface area (Å²) < 4.78 is 26.8. The van der Waals surface area contributed by atoms with Gasteiger partial charge in [0.1, 0.15) is 0 Å². The lowest BCUT2D eigenvalue weighted by atomic mass is 10.3. The predicted molar refractivity (Wildman–Crippen MR) is 86.3 cm³/mol. The van der Waals surface area contributed by atoms with Crippen LogP contribution in [0.25, 0.3) is 0 Å². The highest BCUT2D eigenvalue weighted by atomic mass is 28.4. The molecule has 0 bridgehead atoms. The Morgan fingerprint density at radius 2 is 1.41 bits per heavy atom. The number of rotatable bonds is 13. The molecule has 0 aliphatic heterocycles. The van der Waals surface area contributed by atoms with E-state index in [4.69, 9.17) is 18.0 Å². The SMILES string of the molecule is CCO[Si](CCCOC(=O)CCC(=O)O[SiH3])(OCC)OCC. The highest BCUT2D eigenvalue weighted by molar-refractivity contribution is 6.60. The van der Waals surface area contributed by atoms with Gasteiger partial charge < -0.3 is 22.4 Å². The molecule has 0 fully saturated rings. The van der Waals surface area contributed by atoms with E-state index in [1.165, 1.54) is 0 Å². The van der Waals surface area contributed by atoms with E-state index >= 15 is 0 Å². The third-order valence-electron chi connectivity index (χ3n) is 2.74. The first-order valence-electron chi connectivity index (χ1n) is 7.67. The summed E-state index contributed by atoms with van der Waals surface area (Å²) in [4.78, 5) is 22.4. The minimum Gasteiger partial charge on any atom is -0.529 e. The fraction of sp³-hybridized carbons (Fsp3) is 0.846. The molecule has 7 nitrogen and oxygen atoms in total. The number of ether oxygens (including phenoxy) is 1. The normalized spacial score (nSPS) is 11.4. The minimum absolute atomic E-state index is 0.0476. The molecule has 0 aromatic carbocycles. The van der Waals surface area contributed by atoms with Crippen LogP contribution < -0.4 is 0 Å². The van der Waals surface area contributed by atoms with Crippen LogP contribution in [0.4, 0.5) is 0 Å². The van der Waals surface area contributed by atoms with E-state index in [2.05, 4.69) is 4.43 Å². The average Bonchev–Trinajstić information content (AvgIpc) is 2.50. The molecular weight excluding hydrogens is 324 g/mol. The maximum absolute atomic E-state index is 11.5. The Morgan fingerprint density at radius 1 is 0.909 bits per heavy atom. The third kappa shape index (κ3) is 9.31. The highest BCUT2D eigenvalue weighted by Crippen LogP contribution is 2.18. The first-order valence-corrected chi connectivity index (χ1v) is 10.4. The summed E-state index contributed by atoms with van der Waals surface area (Å²) in [5.74, 6) is -0.761. The van der Waals surface area contributed by atoms with Crippen LogP contribution in [0.15, 0.2) is 0 Å². The van der Waals surface area contributed by atoms with Crippen molar-refractivity contribution in [2.45, 2.75) is 46.1 Å². The van der Waals surface area contributed by atoms with Crippen molar-refractivity contribution in [1.82, 2.24) is 0 Å². The highest BCUT2D eigenvalue weighted by Gasteiger charge is 2.39. The van der Waals surface area contributed by atoms with Crippen molar-refractivity contribution in [3.05, 3.63) is 0 Å². The summed E-state index contributed by atoms with van der Waals surface area (Å²) >= 11 is 0. The summed E-state index contributed by atoms with van der Waals surface area (Å²) in [6, 6.07) is 0.596. The lowest BCUT2D eigenvalue weighted by Crippen LogP contribution is -2.46. The van der Waals surface area contributed by atoms with Gasteiger partial charge in [0.15, 0.2) is 0 Å². The van der Waals surface area contributed by atoms with E-state index in [9.17, 15) is 9.59 Å². The molecule has 0 aromatic heterocycles. The molecule has 0 N–H and O–H groups in total. The molecule has 0 aromatic rings. The molecule has 0 aliphatic rings. The Kier molecular flexibility index (Phi) is 12.3. The van der Waals surface area contributed by atoms with Gasteiger partial charge in [-0.05, 0) is 27.2 Å². The van der Waals surface area contributed by atoms with Gasteiger partial charge in [0.25, 0.3) is 5.97 Å². The van der Waals surface area contributed by atoms with Crippen LogP contribution in [-0.4, -0.2) is 57.7 Å². The van der Waals surface area contributed by atoms with E-state index in [-0.39, 0.29) is 25.4 Å². The van der Waals surface area contributed by atoms with Crippen molar-refractivity contribution < 1.29 is 32.0 Å². The van der Waals surface area contributed by atoms with Crippen molar-refractivity contribution >= 4 is 31.2 Å². The second kappa shape index (κ2) is 12.8. The molecular formula is C13H28O7Si2. The molecule has 22 heavy (non-hydrogen) atoms. The van der Waals surface area contributed by atoms with Crippen molar-refractivity contribution in [3.63, 3.8) is 0 Å². The molecule has 0 rings (SSSR count). The van der Waals surface area contributed by atoms with Gasteiger partial charge in [-0.1, -0.05) is 0 Å². The smallest absolute Gasteiger partial charge is 0.501 e. The van der Waals surface area contributed by atoms with Crippen molar-refractivity contribution in [1.29, 1.82) is 0 Å². The van der Waals surface area contributed by atoms with Crippen LogP contribution >= 0.6 is 0 Å². The molecule has 0 radical (unpaired) electrons. The topological polar surface area (TPSA) is 80.3 Å². The largest absolute Gasteiger partial charge is 0.529 e. The van der Waals surface area contributed by atoms with Crippen LogP contribution in [0.5, 0.6) is 0 Å². The van der Waals surface area contributed by atoms with E-state index in [1.54, 1.807) is 0 Å².